The molecule has 8 aromatic rings. The van der Waals surface area contributed by atoms with Crippen molar-refractivity contribution in [2.24, 2.45) is 0 Å². The van der Waals surface area contributed by atoms with Crippen molar-refractivity contribution in [3.8, 4) is 0 Å². The average Bonchev–Trinajstić information content (AvgIpc) is 4.03. The molecule has 6 atom stereocenters. The number of aromatic nitrogens is 1. The number of hydrogen-bond donors (Lipinski definition) is 0. The van der Waals surface area contributed by atoms with Crippen LogP contribution in [0.3, 0.4) is 0 Å². The number of nitrogens with zero attached hydrogens (tertiary/aromatic N) is 3. The number of hydrogen-bond acceptors (Lipinski definition) is 3. The lowest BCUT2D eigenvalue weighted by atomic mass is 9.92. The molecule has 11 rings (SSSR count). The summed E-state index contributed by atoms with van der Waals surface area (Å²) in [5.74, 6) is 0. The van der Waals surface area contributed by atoms with E-state index in [4.69, 9.17) is 4.98 Å². The standard InChI is InChI=1S/C49H39N3/c1-6-20-40-33(14-1)24-25-50-47(40)49-45-27-32(31-52(45)49)13-11-12-26-51-46(30-36-28-34-15-2-4-17-37(34)41-21-8-7-19-39(36)41)48(51)44-29-35-16-3-5-18-38(35)42-22-9-10-23-43(42)44/h1-12,14-25,27-29,45-46,48-49H,13,26,30-31H2/b12-11-. The minimum absolute atomic E-state index is 0.364. The summed E-state index contributed by atoms with van der Waals surface area (Å²) in [5, 5.41) is 13.4. The minimum atomic E-state index is 0.364. The second-order valence-corrected chi connectivity index (χ2v) is 15.0. The lowest BCUT2D eigenvalue weighted by molar-refractivity contribution is 0.532. The molecule has 1 aromatic heterocycles. The van der Waals surface area contributed by atoms with Gasteiger partial charge in [-0.2, -0.15) is 0 Å². The van der Waals surface area contributed by atoms with E-state index in [0.717, 1.165) is 25.9 Å². The van der Waals surface area contributed by atoms with Crippen molar-refractivity contribution in [2.45, 2.75) is 37.0 Å². The van der Waals surface area contributed by atoms with Crippen LogP contribution in [0, 0.1) is 0 Å². The minimum Gasteiger partial charge on any atom is -0.286 e. The molecule has 52 heavy (non-hydrogen) atoms. The van der Waals surface area contributed by atoms with Gasteiger partial charge in [0.2, 0.25) is 0 Å². The van der Waals surface area contributed by atoms with Crippen molar-refractivity contribution in [1.29, 1.82) is 0 Å². The summed E-state index contributed by atoms with van der Waals surface area (Å²) < 4.78 is 0. The van der Waals surface area contributed by atoms with Gasteiger partial charge < -0.3 is 0 Å². The van der Waals surface area contributed by atoms with Gasteiger partial charge in [0.25, 0.3) is 0 Å². The van der Waals surface area contributed by atoms with Crippen molar-refractivity contribution in [2.75, 3.05) is 13.1 Å². The van der Waals surface area contributed by atoms with Gasteiger partial charge in [0, 0.05) is 30.7 Å². The molecule has 7 aromatic carbocycles. The zero-order valence-corrected chi connectivity index (χ0v) is 29.1. The van der Waals surface area contributed by atoms with Gasteiger partial charge in [-0.25, -0.2) is 0 Å². The maximum Gasteiger partial charge on any atom is 0.0729 e. The van der Waals surface area contributed by atoms with Crippen molar-refractivity contribution >= 4 is 53.9 Å². The van der Waals surface area contributed by atoms with Gasteiger partial charge in [0.1, 0.15) is 0 Å². The van der Waals surface area contributed by atoms with E-state index in [-0.39, 0.29) is 0 Å². The van der Waals surface area contributed by atoms with E-state index >= 15 is 0 Å². The molecule has 3 aliphatic heterocycles. The van der Waals surface area contributed by atoms with E-state index in [0.29, 0.717) is 24.2 Å². The first kappa shape index (κ1) is 30.1. The maximum atomic E-state index is 4.82. The van der Waals surface area contributed by atoms with E-state index in [2.05, 4.69) is 168 Å². The Morgan fingerprint density at radius 2 is 1.19 bits per heavy atom. The molecule has 0 aliphatic carbocycles. The lowest BCUT2D eigenvalue weighted by Gasteiger charge is -2.11. The molecule has 3 heteroatoms. The van der Waals surface area contributed by atoms with Gasteiger partial charge in [-0.05, 0) is 84.6 Å². The molecule has 0 N–H and O–H groups in total. The molecule has 3 aliphatic rings. The van der Waals surface area contributed by atoms with Gasteiger partial charge in [-0.3, -0.25) is 14.8 Å². The molecule has 3 nitrogen and oxygen atoms in total. The highest BCUT2D eigenvalue weighted by Crippen LogP contribution is 2.51. The lowest BCUT2D eigenvalue weighted by Crippen LogP contribution is -2.05. The molecule has 6 unspecified atom stereocenters. The Morgan fingerprint density at radius 1 is 0.577 bits per heavy atom. The zero-order chi connectivity index (χ0) is 34.2. The predicted octanol–water partition coefficient (Wildman–Crippen LogP) is 11.1. The van der Waals surface area contributed by atoms with E-state index in [1.54, 1.807) is 0 Å². The van der Waals surface area contributed by atoms with E-state index in [9.17, 15) is 0 Å². The fourth-order valence-electron chi connectivity index (χ4n) is 9.53. The summed E-state index contributed by atoms with van der Waals surface area (Å²) in [6, 6.07) is 53.2. The van der Waals surface area contributed by atoms with Crippen molar-refractivity contribution in [3.05, 3.63) is 186 Å². The summed E-state index contributed by atoms with van der Waals surface area (Å²) in [4.78, 5) is 10.1. The monoisotopic (exact) mass is 669 g/mol. The third-order valence-electron chi connectivity index (χ3n) is 12.1. The second kappa shape index (κ2) is 12.0. The second-order valence-electron chi connectivity index (χ2n) is 15.0. The van der Waals surface area contributed by atoms with Crippen molar-refractivity contribution in [1.82, 2.24) is 14.8 Å². The predicted molar refractivity (Wildman–Crippen MR) is 217 cm³/mol. The van der Waals surface area contributed by atoms with E-state index in [1.807, 2.05) is 6.20 Å². The van der Waals surface area contributed by atoms with Crippen LogP contribution in [0.15, 0.2) is 170 Å². The van der Waals surface area contributed by atoms with Crippen LogP contribution in [-0.4, -0.2) is 40.0 Å². The van der Waals surface area contributed by atoms with Gasteiger partial charge >= 0.3 is 0 Å². The normalized spacial score (nSPS) is 23.6. The fourth-order valence-corrected chi connectivity index (χ4v) is 9.53. The van der Waals surface area contributed by atoms with Gasteiger partial charge in [0.15, 0.2) is 0 Å². The van der Waals surface area contributed by atoms with Crippen LogP contribution in [0.2, 0.25) is 0 Å². The molecular weight excluding hydrogens is 631 g/mol. The van der Waals surface area contributed by atoms with E-state index in [1.165, 1.54) is 76.3 Å². The molecule has 0 amide bonds. The average molecular weight is 670 g/mol. The molecule has 0 spiro atoms. The first-order valence-electron chi connectivity index (χ1n) is 18.8. The molecule has 0 bridgehead atoms. The van der Waals surface area contributed by atoms with Crippen LogP contribution in [0.4, 0.5) is 0 Å². The molecule has 250 valence electrons. The van der Waals surface area contributed by atoms with Crippen LogP contribution >= 0.6 is 0 Å². The molecule has 0 saturated carbocycles. The molecule has 2 fully saturated rings. The van der Waals surface area contributed by atoms with Gasteiger partial charge in [0.05, 0.1) is 23.8 Å². The van der Waals surface area contributed by atoms with Gasteiger partial charge in [-0.1, -0.05) is 151 Å². The Morgan fingerprint density at radius 3 is 1.92 bits per heavy atom. The summed E-state index contributed by atoms with van der Waals surface area (Å²) in [6.45, 7) is 1.99. The fraction of sp³-hybridized carbons (Fsp3) is 0.163. The Labute approximate surface area is 304 Å². The summed E-state index contributed by atoms with van der Waals surface area (Å²) in [6.07, 6.45) is 11.4. The summed E-state index contributed by atoms with van der Waals surface area (Å²) in [7, 11) is 0. The zero-order valence-electron chi connectivity index (χ0n) is 29.1. The van der Waals surface area contributed by atoms with Crippen LogP contribution < -0.4 is 0 Å². The van der Waals surface area contributed by atoms with Crippen LogP contribution in [0.1, 0.15) is 35.3 Å². The molecular formula is C49H39N3. The van der Waals surface area contributed by atoms with Crippen molar-refractivity contribution < 1.29 is 0 Å². The number of pyridine rings is 1. The number of fused-ring (bicyclic) bond motifs is 8. The first-order valence-corrected chi connectivity index (χ1v) is 18.8. The highest BCUT2D eigenvalue weighted by atomic mass is 15.4. The van der Waals surface area contributed by atoms with Crippen LogP contribution in [-0.2, 0) is 6.42 Å². The number of rotatable bonds is 8. The Kier molecular flexibility index (Phi) is 6.93. The third kappa shape index (κ3) is 4.92. The highest BCUT2D eigenvalue weighted by Gasteiger charge is 2.52. The van der Waals surface area contributed by atoms with Crippen LogP contribution in [0.25, 0.3) is 53.9 Å². The molecule has 0 radical (unpaired) electrons. The quantitative estimate of drug-likeness (QED) is 0.0912. The third-order valence-corrected chi connectivity index (χ3v) is 12.1. The first-order chi connectivity index (χ1) is 25.8. The van der Waals surface area contributed by atoms with E-state index < -0.39 is 0 Å². The Bertz CT molecular complexity index is 2750. The smallest absolute Gasteiger partial charge is 0.0729 e. The topological polar surface area (TPSA) is 18.9 Å². The summed E-state index contributed by atoms with van der Waals surface area (Å²) >= 11 is 0. The number of allylic oxidation sites excluding steroid dienone is 1. The van der Waals surface area contributed by atoms with Gasteiger partial charge in [-0.15, -0.1) is 0 Å². The van der Waals surface area contributed by atoms with Crippen molar-refractivity contribution in [3.63, 3.8) is 0 Å². The Balaban J connectivity index is 0.885. The summed E-state index contributed by atoms with van der Waals surface area (Å²) in [5.41, 5.74) is 5.66. The Hall–Kier alpha value is -5.61. The highest BCUT2D eigenvalue weighted by molar-refractivity contribution is 6.10. The van der Waals surface area contributed by atoms with Crippen LogP contribution in [0.5, 0.6) is 0 Å². The largest absolute Gasteiger partial charge is 0.286 e. The molecule has 2 saturated heterocycles. The number of benzene rings is 7. The SMILES string of the molecule is C1=C(C/C=C\CN2C(Cc3cc4ccccc4c4ccccc34)C2c2cc3ccccc3c3ccccc23)CN2C1C2c1nccc2ccccc12. The molecule has 4 heterocycles. The maximum absolute atomic E-state index is 4.82.